The van der Waals surface area contributed by atoms with Crippen LogP contribution in [0.25, 0.3) is 0 Å². The number of rotatable bonds is 5. The van der Waals surface area contributed by atoms with Gasteiger partial charge in [0.25, 0.3) is 0 Å². The van der Waals surface area contributed by atoms with Crippen LogP contribution in [0.2, 0.25) is 0 Å². The second kappa shape index (κ2) is 6.38. The Hall–Kier alpha value is -0.120. The summed E-state index contributed by atoms with van der Waals surface area (Å²) in [5, 5.41) is 13.1. The van der Waals surface area contributed by atoms with E-state index in [1.165, 1.54) is 12.8 Å². The molecule has 14 heavy (non-hydrogen) atoms. The molecule has 2 N–H and O–H groups in total. The first-order valence-electron chi connectivity index (χ1n) is 5.84. The molecule has 1 saturated carbocycles. The lowest BCUT2D eigenvalue weighted by atomic mass is 9.91. The summed E-state index contributed by atoms with van der Waals surface area (Å²) in [5.41, 5.74) is 0. The van der Waals surface area contributed by atoms with E-state index in [0.717, 1.165) is 32.5 Å². The van der Waals surface area contributed by atoms with Crippen LogP contribution in [-0.4, -0.2) is 48.8 Å². The highest BCUT2D eigenvalue weighted by Gasteiger charge is 2.25. The van der Waals surface area contributed by atoms with Crippen molar-refractivity contribution in [3.05, 3.63) is 0 Å². The van der Waals surface area contributed by atoms with Crippen molar-refractivity contribution in [1.82, 2.24) is 10.2 Å². The van der Waals surface area contributed by atoms with E-state index in [2.05, 4.69) is 24.2 Å². The highest BCUT2D eigenvalue weighted by molar-refractivity contribution is 4.81. The fraction of sp³-hybridized carbons (Fsp3) is 1.00. The first kappa shape index (κ1) is 12.0. The molecule has 0 aromatic carbocycles. The van der Waals surface area contributed by atoms with Crippen LogP contribution in [0.15, 0.2) is 0 Å². The van der Waals surface area contributed by atoms with Crippen molar-refractivity contribution < 1.29 is 5.11 Å². The number of aliphatic hydroxyl groups excluding tert-OH is 1. The zero-order valence-electron chi connectivity index (χ0n) is 9.50. The molecule has 84 valence electrons. The van der Waals surface area contributed by atoms with Crippen molar-refractivity contribution in [2.75, 3.05) is 26.7 Å². The van der Waals surface area contributed by atoms with Gasteiger partial charge in [-0.25, -0.2) is 0 Å². The molecule has 0 aliphatic heterocycles. The molecular weight excluding hydrogens is 176 g/mol. The summed E-state index contributed by atoms with van der Waals surface area (Å²) in [5.74, 6) is 0. The molecule has 3 heteroatoms. The van der Waals surface area contributed by atoms with Crippen molar-refractivity contribution in [1.29, 1.82) is 0 Å². The van der Waals surface area contributed by atoms with Crippen LogP contribution < -0.4 is 5.32 Å². The molecule has 0 amide bonds. The molecule has 1 fully saturated rings. The SMILES string of the molecule is CCNCCN(C)C1CCCCC1O. The van der Waals surface area contributed by atoms with Crippen molar-refractivity contribution in [3.8, 4) is 0 Å². The first-order valence-corrected chi connectivity index (χ1v) is 5.84. The number of hydrogen-bond acceptors (Lipinski definition) is 3. The van der Waals surface area contributed by atoms with Gasteiger partial charge in [0.05, 0.1) is 6.10 Å². The van der Waals surface area contributed by atoms with E-state index in [-0.39, 0.29) is 6.10 Å². The average molecular weight is 200 g/mol. The molecular formula is C11H24N2O. The third-order valence-electron chi connectivity index (χ3n) is 3.15. The van der Waals surface area contributed by atoms with Gasteiger partial charge >= 0.3 is 0 Å². The van der Waals surface area contributed by atoms with Gasteiger partial charge in [0, 0.05) is 19.1 Å². The lowest BCUT2D eigenvalue weighted by Crippen LogP contribution is -2.45. The predicted molar refractivity (Wildman–Crippen MR) is 59.4 cm³/mol. The fourth-order valence-electron chi connectivity index (χ4n) is 2.20. The smallest absolute Gasteiger partial charge is 0.0695 e. The summed E-state index contributed by atoms with van der Waals surface area (Å²) in [6, 6.07) is 0.391. The third-order valence-corrected chi connectivity index (χ3v) is 3.15. The molecule has 3 nitrogen and oxygen atoms in total. The molecule has 1 aliphatic carbocycles. The Morgan fingerprint density at radius 1 is 1.36 bits per heavy atom. The fourth-order valence-corrected chi connectivity index (χ4v) is 2.20. The maximum absolute atomic E-state index is 9.83. The van der Waals surface area contributed by atoms with Gasteiger partial charge in [-0.3, -0.25) is 4.90 Å². The zero-order valence-corrected chi connectivity index (χ0v) is 9.50. The molecule has 0 spiro atoms. The topological polar surface area (TPSA) is 35.5 Å². The van der Waals surface area contributed by atoms with Crippen molar-refractivity contribution in [3.63, 3.8) is 0 Å². The van der Waals surface area contributed by atoms with Gasteiger partial charge in [-0.2, -0.15) is 0 Å². The largest absolute Gasteiger partial charge is 0.391 e. The molecule has 0 radical (unpaired) electrons. The lowest BCUT2D eigenvalue weighted by molar-refractivity contribution is 0.0328. The van der Waals surface area contributed by atoms with Crippen LogP contribution in [-0.2, 0) is 0 Å². The van der Waals surface area contributed by atoms with Gasteiger partial charge in [0.1, 0.15) is 0 Å². The van der Waals surface area contributed by atoms with Crippen LogP contribution in [0.4, 0.5) is 0 Å². The van der Waals surface area contributed by atoms with Gasteiger partial charge in [0.15, 0.2) is 0 Å². The van der Waals surface area contributed by atoms with E-state index in [1.807, 2.05) is 0 Å². The Kier molecular flexibility index (Phi) is 5.45. The Balaban J connectivity index is 2.23. The Morgan fingerprint density at radius 3 is 2.71 bits per heavy atom. The molecule has 0 bridgehead atoms. The maximum atomic E-state index is 9.83. The van der Waals surface area contributed by atoms with Gasteiger partial charge in [-0.15, -0.1) is 0 Å². The number of likely N-dealkylation sites (N-methyl/N-ethyl adjacent to an activating group) is 2. The molecule has 1 rings (SSSR count). The first-order chi connectivity index (χ1) is 6.75. The van der Waals surface area contributed by atoms with E-state index >= 15 is 0 Å². The molecule has 0 saturated heterocycles. The van der Waals surface area contributed by atoms with E-state index < -0.39 is 0 Å². The Labute approximate surface area is 87.5 Å². The Morgan fingerprint density at radius 2 is 2.07 bits per heavy atom. The van der Waals surface area contributed by atoms with Crippen molar-refractivity contribution >= 4 is 0 Å². The van der Waals surface area contributed by atoms with E-state index in [9.17, 15) is 5.11 Å². The second-order valence-corrected chi connectivity index (χ2v) is 4.25. The van der Waals surface area contributed by atoms with Gasteiger partial charge in [0.2, 0.25) is 0 Å². The molecule has 0 aromatic heterocycles. The van der Waals surface area contributed by atoms with Crippen LogP contribution in [0, 0.1) is 0 Å². The van der Waals surface area contributed by atoms with E-state index in [0.29, 0.717) is 6.04 Å². The molecule has 0 heterocycles. The molecule has 1 aliphatic rings. The summed E-state index contributed by atoms with van der Waals surface area (Å²) in [4.78, 5) is 2.30. The summed E-state index contributed by atoms with van der Waals surface area (Å²) in [7, 11) is 2.12. The van der Waals surface area contributed by atoms with Crippen LogP contribution >= 0.6 is 0 Å². The number of nitrogens with one attached hydrogen (secondary N) is 1. The van der Waals surface area contributed by atoms with E-state index in [1.54, 1.807) is 0 Å². The minimum Gasteiger partial charge on any atom is -0.391 e. The summed E-state index contributed by atoms with van der Waals surface area (Å²) in [6.45, 7) is 5.21. The average Bonchev–Trinajstić information content (AvgIpc) is 2.18. The van der Waals surface area contributed by atoms with Crippen LogP contribution in [0.1, 0.15) is 32.6 Å². The third kappa shape index (κ3) is 3.56. The zero-order chi connectivity index (χ0) is 10.4. The van der Waals surface area contributed by atoms with Crippen LogP contribution in [0.3, 0.4) is 0 Å². The molecule has 0 aromatic rings. The molecule has 2 unspecified atom stereocenters. The van der Waals surface area contributed by atoms with Crippen molar-refractivity contribution in [2.24, 2.45) is 0 Å². The second-order valence-electron chi connectivity index (χ2n) is 4.25. The maximum Gasteiger partial charge on any atom is 0.0695 e. The number of nitrogens with zero attached hydrogens (tertiary/aromatic N) is 1. The van der Waals surface area contributed by atoms with Gasteiger partial charge < -0.3 is 10.4 Å². The lowest BCUT2D eigenvalue weighted by Gasteiger charge is -2.35. The predicted octanol–water partition coefficient (Wildman–Crippen LogP) is 0.831. The summed E-state index contributed by atoms with van der Waals surface area (Å²) >= 11 is 0. The highest BCUT2D eigenvalue weighted by Crippen LogP contribution is 2.21. The van der Waals surface area contributed by atoms with Gasteiger partial charge in [-0.05, 0) is 26.4 Å². The standard InChI is InChI=1S/C11H24N2O/c1-3-12-8-9-13(2)10-6-4-5-7-11(10)14/h10-12,14H,3-9H2,1-2H3. The molecule has 2 atom stereocenters. The van der Waals surface area contributed by atoms with E-state index in [4.69, 9.17) is 0 Å². The number of aliphatic hydroxyl groups is 1. The van der Waals surface area contributed by atoms with Crippen LogP contribution in [0.5, 0.6) is 0 Å². The summed E-state index contributed by atoms with van der Waals surface area (Å²) < 4.78 is 0. The quantitative estimate of drug-likeness (QED) is 0.645. The highest BCUT2D eigenvalue weighted by atomic mass is 16.3. The summed E-state index contributed by atoms with van der Waals surface area (Å²) in [6.07, 6.45) is 4.50. The van der Waals surface area contributed by atoms with Gasteiger partial charge in [-0.1, -0.05) is 19.8 Å². The minimum absolute atomic E-state index is 0.102. The normalized spacial score (nSPS) is 28.3. The monoisotopic (exact) mass is 200 g/mol. The Bertz CT molecular complexity index is 152. The minimum atomic E-state index is -0.102. The van der Waals surface area contributed by atoms with Crippen molar-refractivity contribution in [2.45, 2.75) is 44.8 Å². The number of hydrogen-bond donors (Lipinski definition) is 2.